The monoisotopic (exact) mass is 301 g/mol. The third-order valence-corrected chi connectivity index (χ3v) is 2.89. The van der Waals surface area contributed by atoms with Crippen molar-refractivity contribution in [2.75, 3.05) is 11.9 Å². The lowest BCUT2D eigenvalue weighted by molar-refractivity contribution is -0.131. The average molecular weight is 302 g/mol. The van der Waals surface area contributed by atoms with Gasteiger partial charge >= 0.3 is 0 Å². The molecule has 0 radical (unpaired) electrons. The summed E-state index contributed by atoms with van der Waals surface area (Å²) in [6.07, 6.45) is 0.325. The number of carbonyl (C=O) groups is 1. The van der Waals surface area contributed by atoms with Crippen LogP contribution in [0.25, 0.3) is 0 Å². The summed E-state index contributed by atoms with van der Waals surface area (Å²) in [6, 6.07) is 6.25. The van der Waals surface area contributed by atoms with E-state index in [0.29, 0.717) is 13.0 Å². The van der Waals surface area contributed by atoms with Crippen molar-refractivity contribution in [2.45, 2.75) is 26.3 Å². The minimum atomic E-state index is -0.276. The van der Waals surface area contributed by atoms with Gasteiger partial charge in [0.2, 0.25) is 5.91 Å². The highest BCUT2D eigenvalue weighted by molar-refractivity contribution is 9.09. The molecule has 0 aliphatic heterocycles. The predicted molar refractivity (Wildman–Crippen MR) is 70.7 cm³/mol. The summed E-state index contributed by atoms with van der Waals surface area (Å²) in [5.41, 5.74) is 0.844. The van der Waals surface area contributed by atoms with Crippen molar-refractivity contribution in [2.24, 2.45) is 0 Å². The van der Waals surface area contributed by atoms with Gasteiger partial charge in [0.05, 0.1) is 6.42 Å². The average Bonchev–Trinajstić information content (AvgIpc) is 2.28. The van der Waals surface area contributed by atoms with Crippen LogP contribution in [-0.4, -0.2) is 28.7 Å². The quantitative estimate of drug-likeness (QED) is 0.766. The molecular formula is C13H17BrFNO. The molecular weight excluding hydrogens is 285 g/mol. The van der Waals surface area contributed by atoms with Crippen LogP contribution in [0.15, 0.2) is 24.3 Å². The van der Waals surface area contributed by atoms with Crippen molar-refractivity contribution >= 4 is 21.8 Å². The number of nitrogens with zero attached hydrogens (tertiary/aromatic N) is 1. The maximum atomic E-state index is 12.7. The minimum absolute atomic E-state index is 0.0751. The second-order valence-corrected chi connectivity index (χ2v) is 4.97. The predicted octanol–water partition coefficient (Wildman–Crippen LogP) is 3.00. The van der Waals surface area contributed by atoms with E-state index in [1.54, 1.807) is 12.1 Å². The first kappa shape index (κ1) is 14.2. The maximum Gasteiger partial charge on any atom is 0.227 e. The zero-order valence-corrected chi connectivity index (χ0v) is 11.7. The Morgan fingerprint density at radius 1 is 1.35 bits per heavy atom. The number of hydrogen-bond acceptors (Lipinski definition) is 1. The van der Waals surface area contributed by atoms with Gasteiger partial charge in [0, 0.05) is 17.9 Å². The lowest BCUT2D eigenvalue weighted by Crippen LogP contribution is -2.39. The smallest absolute Gasteiger partial charge is 0.227 e. The Balaban J connectivity index is 2.66. The van der Waals surface area contributed by atoms with Crippen LogP contribution in [0.2, 0.25) is 0 Å². The van der Waals surface area contributed by atoms with Crippen molar-refractivity contribution in [1.82, 2.24) is 4.90 Å². The number of carbonyl (C=O) groups excluding carboxylic acids is 1. The number of hydrogen-bond donors (Lipinski definition) is 0. The van der Waals surface area contributed by atoms with E-state index >= 15 is 0 Å². The molecule has 0 heterocycles. The first-order valence-corrected chi connectivity index (χ1v) is 6.76. The van der Waals surface area contributed by atoms with Crippen LogP contribution in [0.5, 0.6) is 0 Å². The molecule has 0 spiro atoms. The third-order valence-electron chi connectivity index (χ3n) is 2.54. The molecule has 94 valence electrons. The Kier molecular flexibility index (Phi) is 5.62. The largest absolute Gasteiger partial charge is 0.339 e. The van der Waals surface area contributed by atoms with E-state index in [1.165, 1.54) is 12.1 Å². The highest BCUT2D eigenvalue weighted by Crippen LogP contribution is 2.08. The summed E-state index contributed by atoms with van der Waals surface area (Å²) >= 11 is 3.34. The van der Waals surface area contributed by atoms with Crippen LogP contribution in [0.3, 0.4) is 0 Å². The fourth-order valence-corrected chi connectivity index (χ4v) is 2.02. The number of halogens is 2. The summed E-state index contributed by atoms with van der Waals surface area (Å²) < 4.78 is 12.7. The first-order valence-electron chi connectivity index (χ1n) is 5.64. The standard InChI is InChI=1S/C13H17BrFNO/c1-10(2)16(8-7-14)13(17)9-11-3-5-12(15)6-4-11/h3-6,10H,7-9H2,1-2H3. The summed E-state index contributed by atoms with van der Waals surface area (Å²) in [4.78, 5) is 13.9. The minimum Gasteiger partial charge on any atom is -0.339 e. The van der Waals surface area contributed by atoms with Crippen LogP contribution in [0.1, 0.15) is 19.4 Å². The number of amides is 1. The van der Waals surface area contributed by atoms with E-state index in [2.05, 4.69) is 15.9 Å². The van der Waals surface area contributed by atoms with Crippen molar-refractivity contribution in [3.63, 3.8) is 0 Å². The fourth-order valence-electron chi connectivity index (χ4n) is 1.64. The topological polar surface area (TPSA) is 20.3 Å². The molecule has 1 aromatic carbocycles. The van der Waals surface area contributed by atoms with E-state index in [4.69, 9.17) is 0 Å². The van der Waals surface area contributed by atoms with Crippen LogP contribution in [0, 0.1) is 5.82 Å². The van der Waals surface area contributed by atoms with Gasteiger partial charge in [-0.25, -0.2) is 4.39 Å². The number of alkyl halides is 1. The Hall–Kier alpha value is -0.900. The van der Waals surface area contributed by atoms with Crippen LogP contribution >= 0.6 is 15.9 Å². The molecule has 0 aliphatic rings. The van der Waals surface area contributed by atoms with Crippen molar-refractivity contribution in [3.8, 4) is 0 Å². The van der Waals surface area contributed by atoms with E-state index in [9.17, 15) is 9.18 Å². The highest BCUT2D eigenvalue weighted by atomic mass is 79.9. The molecule has 1 rings (SSSR count). The van der Waals surface area contributed by atoms with E-state index < -0.39 is 0 Å². The third kappa shape index (κ3) is 4.46. The molecule has 1 aromatic rings. The molecule has 0 fully saturated rings. The second-order valence-electron chi connectivity index (χ2n) is 4.17. The van der Waals surface area contributed by atoms with Gasteiger partial charge in [-0.1, -0.05) is 28.1 Å². The van der Waals surface area contributed by atoms with E-state index in [1.807, 2.05) is 18.7 Å². The number of rotatable bonds is 5. The van der Waals surface area contributed by atoms with Gasteiger partial charge in [0.25, 0.3) is 0 Å². The lowest BCUT2D eigenvalue weighted by Gasteiger charge is -2.26. The van der Waals surface area contributed by atoms with Crippen molar-refractivity contribution in [3.05, 3.63) is 35.6 Å². The zero-order valence-electron chi connectivity index (χ0n) is 10.1. The van der Waals surface area contributed by atoms with Gasteiger partial charge in [-0.3, -0.25) is 4.79 Å². The van der Waals surface area contributed by atoms with Gasteiger partial charge in [-0.2, -0.15) is 0 Å². The molecule has 0 bridgehead atoms. The number of benzene rings is 1. The van der Waals surface area contributed by atoms with Gasteiger partial charge in [0.15, 0.2) is 0 Å². The molecule has 17 heavy (non-hydrogen) atoms. The Morgan fingerprint density at radius 3 is 2.41 bits per heavy atom. The Morgan fingerprint density at radius 2 is 1.94 bits per heavy atom. The molecule has 0 saturated heterocycles. The maximum absolute atomic E-state index is 12.7. The van der Waals surface area contributed by atoms with Gasteiger partial charge < -0.3 is 4.90 Å². The molecule has 0 N–H and O–H groups in total. The first-order chi connectivity index (χ1) is 8.04. The highest BCUT2D eigenvalue weighted by Gasteiger charge is 2.16. The molecule has 1 amide bonds. The van der Waals surface area contributed by atoms with Gasteiger partial charge in [-0.05, 0) is 31.5 Å². The van der Waals surface area contributed by atoms with E-state index in [-0.39, 0.29) is 17.8 Å². The summed E-state index contributed by atoms with van der Waals surface area (Å²) in [5, 5.41) is 0.764. The van der Waals surface area contributed by atoms with Crippen molar-refractivity contribution in [1.29, 1.82) is 0 Å². The van der Waals surface area contributed by atoms with Crippen LogP contribution < -0.4 is 0 Å². The Labute approximate surface area is 110 Å². The van der Waals surface area contributed by atoms with Gasteiger partial charge in [-0.15, -0.1) is 0 Å². The molecule has 0 aliphatic carbocycles. The molecule has 4 heteroatoms. The molecule has 0 aromatic heterocycles. The zero-order chi connectivity index (χ0) is 12.8. The summed E-state index contributed by atoms with van der Waals surface area (Å²) in [6.45, 7) is 4.67. The molecule has 2 nitrogen and oxygen atoms in total. The fraction of sp³-hybridized carbons (Fsp3) is 0.462. The molecule has 0 atom stereocenters. The lowest BCUT2D eigenvalue weighted by atomic mass is 10.1. The molecule has 0 unspecified atom stereocenters. The van der Waals surface area contributed by atoms with Crippen molar-refractivity contribution < 1.29 is 9.18 Å². The van der Waals surface area contributed by atoms with Crippen LogP contribution in [-0.2, 0) is 11.2 Å². The van der Waals surface area contributed by atoms with Gasteiger partial charge in [0.1, 0.15) is 5.82 Å². The normalized spacial score (nSPS) is 10.6. The molecule has 0 saturated carbocycles. The second kappa shape index (κ2) is 6.74. The SMILES string of the molecule is CC(C)N(CCBr)C(=O)Cc1ccc(F)cc1. The summed E-state index contributed by atoms with van der Waals surface area (Å²) in [5.74, 6) is -0.201. The van der Waals surface area contributed by atoms with E-state index in [0.717, 1.165) is 10.9 Å². The summed E-state index contributed by atoms with van der Waals surface area (Å²) in [7, 11) is 0. The van der Waals surface area contributed by atoms with Crippen LogP contribution in [0.4, 0.5) is 4.39 Å². The Bertz CT molecular complexity index is 364.